The van der Waals surface area contributed by atoms with E-state index in [2.05, 4.69) is 16.5 Å². The van der Waals surface area contributed by atoms with Gasteiger partial charge in [0.05, 0.1) is 12.8 Å². The smallest absolute Gasteiger partial charge is 0.144 e. The van der Waals surface area contributed by atoms with Crippen LogP contribution in [-0.4, -0.2) is 22.1 Å². The minimum atomic E-state index is -1.12. The van der Waals surface area contributed by atoms with E-state index in [-0.39, 0.29) is 4.75 Å². The zero-order chi connectivity index (χ0) is 17.4. The number of benzene rings is 1. The van der Waals surface area contributed by atoms with Crippen molar-refractivity contribution in [1.29, 1.82) is 0 Å². The normalized spacial score (nSPS) is 23.5. The van der Waals surface area contributed by atoms with Crippen LogP contribution >= 0.6 is 0 Å². The molecule has 1 aromatic rings. The summed E-state index contributed by atoms with van der Waals surface area (Å²) in [4.78, 5) is 0. The van der Waals surface area contributed by atoms with Crippen molar-refractivity contribution in [2.24, 2.45) is 16.2 Å². The van der Waals surface area contributed by atoms with Gasteiger partial charge in [0.2, 0.25) is 0 Å². The van der Waals surface area contributed by atoms with Crippen LogP contribution in [0.2, 0.25) is 0 Å². The van der Waals surface area contributed by atoms with Crippen molar-refractivity contribution in [1.82, 2.24) is 0 Å². The van der Waals surface area contributed by atoms with Gasteiger partial charge in [0.1, 0.15) is 16.1 Å². The Morgan fingerprint density at radius 2 is 1.83 bits per heavy atom. The van der Waals surface area contributed by atoms with Gasteiger partial charge in [-0.1, -0.05) is 34.7 Å². The summed E-state index contributed by atoms with van der Waals surface area (Å²) in [6.45, 7) is 7.44. The van der Waals surface area contributed by atoms with Crippen molar-refractivity contribution >= 4 is 17.6 Å². The van der Waals surface area contributed by atoms with Crippen LogP contribution < -0.4 is 0 Å². The molecule has 0 aromatic heterocycles. The quantitative estimate of drug-likeness (QED) is 0.398. The van der Waals surface area contributed by atoms with Crippen LogP contribution in [0.1, 0.15) is 58.4 Å². The first kappa shape index (κ1) is 19.5. The summed E-state index contributed by atoms with van der Waals surface area (Å²) >= 11 is -1.12. The van der Waals surface area contributed by atoms with Crippen LogP contribution in [-0.2, 0) is 22.7 Å². The minimum absolute atomic E-state index is 0.260. The van der Waals surface area contributed by atoms with Gasteiger partial charge in [0.15, 0.2) is 0 Å². The summed E-state index contributed by atoms with van der Waals surface area (Å²) in [5, 5.41) is 0. The van der Waals surface area contributed by atoms with Crippen molar-refractivity contribution < 1.29 is 9.29 Å². The van der Waals surface area contributed by atoms with Gasteiger partial charge in [-0.05, 0) is 70.3 Å². The predicted molar refractivity (Wildman–Crippen MR) is 103 cm³/mol. The Bertz CT molecular complexity index is 490. The predicted octanol–water partition coefficient (Wildman–Crippen LogP) is 4.93. The van der Waals surface area contributed by atoms with E-state index in [9.17, 15) is 4.55 Å². The number of rotatable bonds is 7. The average Bonchev–Trinajstić information content (AvgIpc) is 2.57. The molecule has 0 heterocycles. The second-order valence-corrected chi connectivity index (χ2v) is 9.66. The van der Waals surface area contributed by atoms with Crippen molar-refractivity contribution in [3.8, 4) is 0 Å². The van der Waals surface area contributed by atoms with Crippen molar-refractivity contribution in [3.05, 3.63) is 35.9 Å². The number of hydrogen-bond acceptors (Lipinski definition) is 3. The fourth-order valence-corrected chi connectivity index (χ4v) is 3.54. The van der Waals surface area contributed by atoms with Crippen LogP contribution in [0.3, 0.4) is 0 Å². The van der Waals surface area contributed by atoms with E-state index >= 15 is 0 Å². The van der Waals surface area contributed by atoms with Gasteiger partial charge in [-0.3, -0.25) is 0 Å². The lowest BCUT2D eigenvalue weighted by atomic mass is 9.81. The van der Waals surface area contributed by atoms with Gasteiger partial charge in [0, 0.05) is 6.61 Å². The summed E-state index contributed by atoms with van der Waals surface area (Å²) in [7, 11) is 0. The minimum Gasteiger partial charge on any atom is -0.591 e. The molecule has 3 nitrogen and oxygen atoms in total. The molecule has 2 rings (SSSR count). The van der Waals surface area contributed by atoms with Gasteiger partial charge in [-0.2, -0.15) is 0 Å². The van der Waals surface area contributed by atoms with E-state index in [4.69, 9.17) is 4.74 Å². The highest BCUT2D eigenvalue weighted by atomic mass is 32.2. The molecule has 4 heteroatoms. The van der Waals surface area contributed by atoms with Gasteiger partial charge < -0.3 is 9.29 Å². The topological polar surface area (TPSA) is 44.7 Å². The third-order valence-corrected chi connectivity index (χ3v) is 5.93. The average molecular weight is 350 g/mol. The Balaban J connectivity index is 1.60. The SMILES string of the molecule is CC(C)(C)[S@@+]([O-])/N=C/[C@H]1CC[C@H](CCOCc2ccccc2)CC1. The highest BCUT2D eigenvalue weighted by Gasteiger charge is 2.27. The maximum Gasteiger partial charge on any atom is 0.144 e. The van der Waals surface area contributed by atoms with E-state index in [0.717, 1.165) is 31.8 Å². The summed E-state index contributed by atoms with van der Waals surface area (Å²) in [5.41, 5.74) is 1.24. The summed E-state index contributed by atoms with van der Waals surface area (Å²) < 4.78 is 21.8. The molecule has 1 aliphatic rings. The first-order valence-electron chi connectivity index (χ1n) is 9.03. The molecule has 1 saturated carbocycles. The summed E-state index contributed by atoms with van der Waals surface area (Å²) in [6, 6.07) is 10.3. The lowest BCUT2D eigenvalue weighted by molar-refractivity contribution is 0.100. The van der Waals surface area contributed by atoms with E-state index in [1.165, 1.54) is 18.4 Å². The monoisotopic (exact) mass is 349 g/mol. The van der Waals surface area contributed by atoms with Crippen LogP contribution in [0.25, 0.3) is 0 Å². The Kier molecular flexibility index (Phi) is 7.79. The van der Waals surface area contributed by atoms with Crippen molar-refractivity contribution in [3.63, 3.8) is 0 Å². The van der Waals surface area contributed by atoms with Crippen molar-refractivity contribution in [2.45, 2.75) is 64.2 Å². The van der Waals surface area contributed by atoms with Gasteiger partial charge in [-0.15, -0.1) is 0 Å². The molecular formula is C20H31NO2S. The lowest BCUT2D eigenvalue weighted by Gasteiger charge is -2.26. The zero-order valence-corrected chi connectivity index (χ0v) is 16.1. The summed E-state index contributed by atoms with van der Waals surface area (Å²) in [5.74, 6) is 1.26. The first-order valence-corrected chi connectivity index (χ1v) is 10.1. The molecule has 0 radical (unpaired) electrons. The van der Waals surface area contributed by atoms with Crippen molar-refractivity contribution in [2.75, 3.05) is 6.61 Å². The molecular weight excluding hydrogens is 318 g/mol. The Morgan fingerprint density at radius 1 is 1.17 bits per heavy atom. The lowest BCUT2D eigenvalue weighted by Crippen LogP contribution is -2.26. The molecule has 0 spiro atoms. The zero-order valence-electron chi connectivity index (χ0n) is 15.2. The molecule has 0 bridgehead atoms. The molecule has 134 valence electrons. The molecule has 0 amide bonds. The van der Waals surface area contributed by atoms with Gasteiger partial charge >= 0.3 is 0 Å². The first-order chi connectivity index (χ1) is 11.4. The molecule has 1 fully saturated rings. The Hall–Kier alpha value is -0.840. The highest BCUT2D eigenvalue weighted by Crippen LogP contribution is 2.30. The molecule has 0 unspecified atom stereocenters. The van der Waals surface area contributed by atoms with Gasteiger partial charge in [-0.25, -0.2) is 0 Å². The molecule has 1 aliphatic carbocycles. The Labute approximate surface area is 150 Å². The molecule has 0 N–H and O–H groups in total. The van der Waals surface area contributed by atoms with Gasteiger partial charge in [0.25, 0.3) is 0 Å². The van der Waals surface area contributed by atoms with E-state index < -0.39 is 11.4 Å². The van der Waals surface area contributed by atoms with Crippen LogP contribution in [0.5, 0.6) is 0 Å². The third kappa shape index (κ3) is 6.96. The van der Waals surface area contributed by atoms with Crippen LogP contribution in [0.4, 0.5) is 0 Å². The number of ether oxygens (including phenoxy) is 1. The van der Waals surface area contributed by atoms with E-state index in [1.54, 1.807) is 0 Å². The number of nitrogens with zero attached hydrogens (tertiary/aromatic N) is 1. The standard InChI is InChI=1S/C20H31NO2S/c1-20(2,3)24(22)21-15-18-11-9-17(10-12-18)13-14-23-16-19-7-5-4-6-8-19/h4-8,15,17-18H,9-14,16H2,1-3H3/b21-15+/t17-,18-,24-/m1/s1. The molecule has 1 aromatic carbocycles. The fraction of sp³-hybridized carbons (Fsp3) is 0.650. The fourth-order valence-electron chi connectivity index (χ4n) is 2.94. The van der Waals surface area contributed by atoms with Crippen LogP contribution in [0.15, 0.2) is 34.7 Å². The summed E-state index contributed by atoms with van der Waals surface area (Å²) in [6.07, 6.45) is 7.87. The Morgan fingerprint density at radius 3 is 2.46 bits per heavy atom. The maximum absolute atomic E-state index is 12.0. The molecule has 0 saturated heterocycles. The molecule has 1 atom stereocenters. The second kappa shape index (κ2) is 9.59. The largest absolute Gasteiger partial charge is 0.591 e. The third-order valence-electron chi connectivity index (χ3n) is 4.56. The molecule has 24 heavy (non-hydrogen) atoms. The second-order valence-electron chi connectivity index (χ2n) is 7.72. The van der Waals surface area contributed by atoms with E-state index in [1.807, 2.05) is 45.2 Å². The highest BCUT2D eigenvalue weighted by molar-refractivity contribution is 7.91. The van der Waals surface area contributed by atoms with Crippen LogP contribution in [0, 0.1) is 11.8 Å². The molecule has 0 aliphatic heterocycles. The maximum atomic E-state index is 12.0. The number of hydrogen-bond donors (Lipinski definition) is 0. The van der Waals surface area contributed by atoms with E-state index in [0.29, 0.717) is 12.5 Å².